The van der Waals surface area contributed by atoms with Crippen LogP contribution in [0, 0.1) is 0 Å². The second kappa shape index (κ2) is 178. The molecule has 16 nitrogen and oxygen atoms in total. The van der Waals surface area contributed by atoms with E-state index < -0.39 is 124 Å². The Morgan fingerprint density at radius 3 is 0.357 bits per heavy atom. The third kappa shape index (κ3) is 996. The minimum Gasteiger partial charge on any atom is 2.00 e. The first-order valence-electron chi connectivity index (χ1n) is 3.77. The molecule has 0 bridgehead atoms. The molecule has 0 saturated heterocycles. The zero-order valence-corrected chi connectivity index (χ0v) is 33.4. The van der Waals surface area contributed by atoms with E-state index in [2.05, 4.69) is 0 Å². The van der Waals surface area contributed by atoms with Gasteiger partial charge < -0.3 is 0 Å². The fourth-order valence-electron chi connectivity index (χ4n) is 0. The normalized spacial score (nSPS) is 2.29. The van der Waals surface area contributed by atoms with Crippen LogP contribution in [0.4, 0.5) is 0 Å². The summed E-state index contributed by atoms with van der Waals surface area (Å²) in [7, 11) is 0. The molecule has 0 unspecified atom stereocenters. The molecule has 0 aromatic heterocycles. The molecule has 0 saturated carbocycles. The molecular formula is Al8BaMgMnO16Sr. The Balaban J connectivity index is -0.0000000102. The van der Waals surface area contributed by atoms with Crippen molar-refractivity contribution < 1.29 is 80.8 Å². The number of hydrogen-bond donors (Lipinski definition) is 0. The van der Waals surface area contributed by atoms with Gasteiger partial charge in [0.05, 0.1) is 0 Å². The van der Waals surface area contributed by atoms with Crippen molar-refractivity contribution in [2.75, 3.05) is 0 Å². The van der Waals surface area contributed by atoms with Crippen molar-refractivity contribution in [3.63, 3.8) is 0 Å². The predicted molar refractivity (Wildman–Crippen MR) is 68.8 cm³/mol. The van der Waals surface area contributed by atoms with Gasteiger partial charge in [0.15, 0.2) is 0 Å². The molecule has 133 valence electrons. The summed E-state index contributed by atoms with van der Waals surface area (Å²) >= 11 is -14.0. The van der Waals surface area contributed by atoms with Crippen LogP contribution in [0.15, 0.2) is 0 Å². The van der Waals surface area contributed by atoms with Crippen molar-refractivity contribution in [2.24, 2.45) is 0 Å². The van der Waals surface area contributed by atoms with Gasteiger partial charge in [0.1, 0.15) is 0 Å². The van der Waals surface area contributed by atoms with Crippen LogP contribution < -0.4 is 33.3 Å². The Kier molecular flexibility index (Phi) is 487. The summed E-state index contributed by atoms with van der Waals surface area (Å²) in [5.41, 5.74) is 0. The molecule has 0 rings (SSSR count). The zero-order chi connectivity index (χ0) is 21.7. The molecule has 28 heavy (non-hydrogen) atoms. The molecule has 0 aliphatic heterocycles. The fourth-order valence-corrected chi connectivity index (χ4v) is 0. The van der Waals surface area contributed by atoms with E-state index in [1.165, 1.54) is 0 Å². The summed E-state index contributed by atoms with van der Waals surface area (Å²) in [5, 5.41) is 0. The van der Waals surface area contributed by atoms with Crippen molar-refractivity contribution in [3.05, 3.63) is 0 Å². The van der Waals surface area contributed by atoms with Gasteiger partial charge in [-0.3, -0.25) is 0 Å². The third-order valence-corrected chi connectivity index (χ3v) is 0. The molecule has 0 amide bonds. The maximum atomic E-state index is 8.46. The molecular weight excluding hydrogens is 776 g/mol. The average Bonchev–Trinajstić information content (AvgIpc) is 2.45. The Morgan fingerprint density at radius 2 is 0.357 bits per heavy atom. The first-order valence-corrected chi connectivity index (χ1v) is 11.3. The van der Waals surface area contributed by atoms with Gasteiger partial charge in [-0.15, -0.1) is 0 Å². The Labute approximate surface area is 314 Å². The molecule has 0 spiro atoms. The summed E-state index contributed by atoms with van der Waals surface area (Å²) in [5.74, 6) is 0. The molecule has 0 aromatic rings. The summed E-state index contributed by atoms with van der Waals surface area (Å²) in [6, 6.07) is 0. The van der Waals surface area contributed by atoms with E-state index in [1.54, 1.807) is 0 Å². The second-order valence-electron chi connectivity index (χ2n) is 0.770. The molecule has 0 aliphatic rings. The topological polar surface area (TPSA) is 321 Å². The molecule has 0 heterocycles. The molecule has 0 atom stereocenters. The Bertz CT molecular complexity index is 179. The molecule has 0 aliphatic carbocycles. The van der Waals surface area contributed by atoms with Crippen LogP contribution >= 0.6 is 0 Å². The smallest absolute Gasteiger partial charge is 2.00 e. The van der Waals surface area contributed by atoms with Gasteiger partial charge in [-0.25, -0.2) is 0 Å². The van der Waals surface area contributed by atoms with Gasteiger partial charge in [-0.2, -0.15) is 0 Å². The predicted octanol–water partition coefficient (Wildman–Crippen LogP) is -14.7. The van der Waals surface area contributed by atoms with Gasteiger partial charge in [0, 0.05) is 0 Å². The quantitative estimate of drug-likeness (QED) is 0.206. The minimum absolute atomic E-state index is 0. The summed E-state index contributed by atoms with van der Waals surface area (Å²) < 4.78 is 135. The summed E-state index contributed by atoms with van der Waals surface area (Å²) in [4.78, 5) is 0. The number of rotatable bonds is 0. The van der Waals surface area contributed by atoms with Crippen LogP contribution in [0.2, 0.25) is 0 Å². The fraction of sp³-hybridized carbons (Fsp3) is 0. The van der Waals surface area contributed by atoms with E-state index in [0.717, 1.165) is 0 Å². The second-order valence-corrected chi connectivity index (χ2v) is 2.31. The van der Waals surface area contributed by atoms with Crippen molar-refractivity contribution >= 4 is 241 Å². The van der Waals surface area contributed by atoms with Gasteiger partial charge in [-0.05, 0) is 0 Å². The van der Waals surface area contributed by atoms with Gasteiger partial charge in [-0.1, -0.05) is 0 Å². The largest absolute Gasteiger partial charge is 2.00 e. The Morgan fingerprint density at radius 1 is 0.357 bits per heavy atom. The van der Waals surface area contributed by atoms with Crippen LogP contribution in [-0.2, 0) is 47.5 Å². The summed E-state index contributed by atoms with van der Waals surface area (Å²) in [6.07, 6.45) is 0. The van der Waals surface area contributed by atoms with Crippen molar-refractivity contribution in [1.29, 1.82) is 0 Å². The van der Waals surface area contributed by atoms with E-state index in [1.807, 2.05) is 0 Å². The van der Waals surface area contributed by atoms with Crippen LogP contribution in [0.3, 0.4) is 0 Å². The van der Waals surface area contributed by atoms with E-state index in [-0.39, 0.29) is 134 Å². The molecule has 1 radical (unpaired) electrons. The van der Waals surface area contributed by atoms with Crippen molar-refractivity contribution in [1.82, 2.24) is 0 Å². The van der Waals surface area contributed by atoms with E-state index >= 15 is 0 Å². The van der Waals surface area contributed by atoms with Crippen LogP contribution in [-0.4, -0.2) is 241 Å². The van der Waals surface area contributed by atoms with Crippen LogP contribution in [0.25, 0.3) is 0 Å². The molecule has 28 heteroatoms. The molecule has 0 aromatic carbocycles. The van der Waals surface area contributed by atoms with E-state index in [9.17, 15) is 0 Å². The standard InChI is InChI=1S/8Al.Ba.Mg.Mn.16O.Sr/q;;;;;;;;3*+2;;;;;;;;;8*-1;+2. The van der Waals surface area contributed by atoms with Crippen molar-refractivity contribution in [3.8, 4) is 0 Å². The summed E-state index contributed by atoms with van der Waals surface area (Å²) in [6.45, 7) is 0. The monoisotopic (exact) mass is 777 g/mol. The zero-order valence-electron chi connectivity index (χ0n) is 13.7. The minimum atomic E-state index is -1.75. The van der Waals surface area contributed by atoms with Gasteiger partial charge in [0.25, 0.3) is 0 Å². The molecule has 0 N–H and O–H groups in total. The average molecular weight is 776 g/mol. The van der Waals surface area contributed by atoms with Crippen LogP contribution in [0.5, 0.6) is 0 Å². The van der Waals surface area contributed by atoms with E-state index in [4.69, 9.17) is 63.7 Å². The van der Waals surface area contributed by atoms with Gasteiger partial charge in [0.2, 0.25) is 0 Å². The number of hydrogen-bond acceptors (Lipinski definition) is 16. The maximum absolute atomic E-state index is 8.46. The Hall–Kier alpha value is 5.40. The van der Waals surface area contributed by atoms with Crippen molar-refractivity contribution in [2.45, 2.75) is 0 Å². The first-order chi connectivity index (χ1) is 11.3. The third-order valence-electron chi connectivity index (χ3n) is 0. The van der Waals surface area contributed by atoms with Crippen LogP contribution in [0.1, 0.15) is 0 Å². The molecule has 0 fully saturated rings. The SMILES string of the molecule is [Ba+2].[Mg+2].[Mn+2].[O]=[Al][O-].[O]=[Al][O-].[O]=[Al][O-].[O]=[Al][O-].[O]=[Al][O-].[O]=[Al][O-].[O]=[Al][O-].[O]=[Al][O-].[Sr+2]. The maximum Gasteiger partial charge on any atom is 2.00 e. The van der Waals surface area contributed by atoms with E-state index in [0.29, 0.717) is 0 Å². The first kappa shape index (κ1) is 76.6. The van der Waals surface area contributed by atoms with Gasteiger partial charge >= 0.3 is 322 Å².